The molecule has 21 rings (SSSR count). The number of ketones is 3. The number of ether oxygens (including phenoxy) is 4. The molecule has 3 aliphatic heterocycles. The molecule has 12 aromatic heterocycles. The van der Waals surface area contributed by atoms with Gasteiger partial charge in [0.2, 0.25) is 17.8 Å². The van der Waals surface area contributed by atoms with Crippen molar-refractivity contribution in [3.8, 4) is 0 Å². The molecule has 686 valence electrons. The molecule has 43 nitrogen and oxygen atoms in total. The number of alkyl halides is 1. The lowest BCUT2D eigenvalue weighted by Gasteiger charge is -2.28. The molecule has 0 amide bonds. The minimum Gasteiger partial charge on any atom is -0.394 e. The molecule has 133 heavy (non-hydrogen) atoms. The minimum atomic E-state index is -2.01. The molecule has 3 aliphatic carbocycles. The molecule has 3 aromatic carbocycles. The van der Waals surface area contributed by atoms with Gasteiger partial charge in [0.25, 0.3) is 0 Å². The molecule has 12 N–H and O–H groups in total. The average molecular weight is 1870 g/mol. The van der Waals surface area contributed by atoms with Crippen molar-refractivity contribution in [3.63, 3.8) is 0 Å². The molecule has 0 spiro atoms. The lowest BCUT2D eigenvalue weighted by atomic mass is 9.81. The summed E-state index contributed by atoms with van der Waals surface area (Å²) >= 11 is 4.45. The average Bonchev–Trinajstić information content (AvgIpc) is 1.68. The molecule has 0 radical (unpaired) electrons. The van der Waals surface area contributed by atoms with E-state index in [9.17, 15) is 59.4 Å². The van der Waals surface area contributed by atoms with Crippen LogP contribution in [-0.4, -0.2) is 226 Å². The van der Waals surface area contributed by atoms with E-state index in [0.717, 1.165) is 53.2 Å². The van der Waals surface area contributed by atoms with E-state index in [4.69, 9.17) is 73.8 Å². The number of carbonyl (C=O) groups is 3. The number of benzene rings is 3. The molecule has 6 fully saturated rings. The third kappa shape index (κ3) is 16.5. The van der Waals surface area contributed by atoms with Gasteiger partial charge in [-0.25, -0.2) is 48.7 Å². The van der Waals surface area contributed by atoms with Crippen LogP contribution in [0.5, 0.6) is 0 Å². The van der Waals surface area contributed by atoms with Crippen molar-refractivity contribution < 1.29 is 68.4 Å². The molecule has 15 aromatic rings. The number of fused-ring (bicyclic) bond motifs is 6. The Morgan fingerprint density at radius 2 is 0.857 bits per heavy atom. The lowest BCUT2D eigenvalue weighted by molar-refractivity contribution is -0.125. The number of aromatic nitrogens is 21. The first kappa shape index (κ1) is 86.7. The van der Waals surface area contributed by atoms with Crippen molar-refractivity contribution in [1.29, 1.82) is 0 Å². The van der Waals surface area contributed by atoms with E-state index in [-0.39, 0.29) is 109 Å². The summed E-state index contributed by atoms with van der Waals surface area (Å²) in [6.45, 7) is 0.716. The van der Waals surface area contributed by atoms with Crippen LogP contribution in [0, 0.1) is 5.92 Å². The Morgan fingerprint density at radius 1 is 0.444 bits per heavy atom. The van der Waals surface area contributed by atoms with E-state index >= 15 is 4.39 Å². The molecule has 17 atom stereocenters. The maximum atomic E-state index is 15.1. The van der Waals surface area contributed by atoms with E-state index in [1.807, 2.05) is 60.7 Å². The Kier molecular flexibility index (Phi) is 23.3. The van der Waals surface area contributed by atoms with Gasteiger partial charge < -0.3 is 95.2 Å². The summed E-state index contributed by atoms with van der Waals surface area (Å²) in [5.41, 5.74) is 3.88. The molecular weight excluding hydrogens is 1780 g/mol. The normalized spacial score (nSPS) is 25.2. The van der Waals surface area contributed by atoms with Gasteiger partial charge in [0, 0.05) is 50.9 Å². The number of methoxy groups -OCH3 is 1. The van der Waals surface area contributed by atoms with E-state index in [0.29, 0.717) is 98.9 Å². The number of para-hydroxylation sites is 1. The van der Waals surface area contributed by atoms with Crippen molar-refractivity contribution in [2.24, 2.45) is 5.92 Å². The van der Waals surface area contributed by atoms with Crippen LogP contribution in [-0.2, 0) is 53.0 Å². The third-order valence-corrected chi connectivity index (χ3v) is 28.7. The summed E-state index contributed by atoms with van der Waals surface area (Å²) in [5, 5.41) is 82.6. The van der Waals surface area contributed by atoms with E-state index in [1.165, 1.54) is 87.0 Å². The lowest BCUT2D eigenvalue weighted by Crippen LogP contribution is -2.37. The highest BCUT2D eigenvalue weighted by atomic mass is 32.1. The molecule has 15 heterocycles. The summed E-state index contributed by atoms with van der Waals surface area (Å²) in [5.74, 6) is 0.158. The summed E-state index contributed by atoms with van der Waals surface area (Å²) in [6, 6.07) is 22.4. The number of halogens is 1. The van der Waals surface area contributed by atoms with Gasteiger partial charge in [0.05, 0.1) is 113 Å². The van der Waals surface area contributed by atoms with Crippen LogP contribution in [0.4, 0.5) is 57.1 Å². The molecular formula is C86H86FN27O16S3. The predicted octanol–water partition coefficient (Wildman–Crippen LogP) is 7.25. The number of aliphatic hydroxyl groups excluding tert-OH is 6. The number of hydrogen-bond donors (Lipinski definition) is 12. The van der Waals surface area contributed by atoms with Crippen LogP contribution < -0.4 is 49.0 Å². The topological polar surface area (TPSA) is 556 Å². The number of carbonyl (C=O) groups excluding carboxylic acids is 3. The van der Waals surface area contributed by atoms with Gasteiger partial charge >= 0.3 is 17.1 Å². The zero-order valence-electron chi connectivity index (χ0n) is 70.9. The Hall–Kier alpha value is -13.0. The molecule has 3 saturated heterocycles. The van der Waals surface area contributed by atoms with Gasteiger partial charge in [-0.2, -0.15) is 44.9 Å². The SMILES string of the molecule is CO[C@H]1C(n2ccc(Nc3nc(NCc4nc5ccccc5s4)c4ncn([C@@H]5CCC(c6ccc7sc(CNc8nc(Nc9ccn(C%10O[C@H](CO)[C@@H](O)[C@H]%10C)c(=O)n9)nc9c8ncn9[C@@H]8CCC(c9ccc%10sc(CNc%11nc(Nc%12ccn(C%13O[C@H](CO)[C@@H](O)[C@H]%13F)c(=O)n%12)nc%12c%11ncn%12[C@@H]%11CCCCC%11=O)nc%10c9)CC8=O)nc7c6)CC5=O)c4n3)nc2=O)O[C@H](CO)[C@H]1O. The highest BCUT2D eigenvalue weighted by Crippen LogP contribution is 2.44. The van der Waals surface area contributed by atoms with Gasteiger partial charge in [-0.15, -0.1) is 34.0 Å². The summed E-state index contributed by atoms with van der Waals surface area (Å²) in [7, 11) is 1.37. The van der Waals surface area contributed by atoms with Crippen molar-refractivity contribution >= 4 is 168 Å². The van der Waals surface area contributed by atoms with Gasteiger partial charge in [0.1, 0.15) is 75.3 Å². The first-order valence-corrected chi connectivity index (χ1v) is 45.9. The minimum absolute atomic E-state index is 0.0000541. The first-order valence-electron chi connectivity index (χ1n) is 43.4. The number of anilines is 9. The maximum absolute atomic E-state index is 15.1. The molecule has 0 bridgehead atoms. The van der Waals surface area contributed by atoms with Crippen LogP contribution in [0.1, 0.15) is 146 Å². The van der Waals surface area contributed by atoms with Gasteiger partial charge in [-0.05, 0) is 116 Å². The smallest absolute Gasteiger partial charge is 0.351 e. The zero-order chi connectivity index (χ0) is 91.3. The number of Topliss-reactive ketones (excluding diaryl/α,β-unsaturated/α-hetero) is 3. The first-order chi connectivity index (χ1) is 64.6. The number of nitrogens with one attached hydrogen (secondary N) is 6. The number of hydrogen-bond acceptors (Lipinski definition) is 40. The number of rotatable bonds is 27. The Labute approximate surface area is 761 Å². The van der Waals surface area contributed by atoms with Crippen molar-refractivity contribution in [3.05, 3.63) is 174 Å². The fraction of sp³-hybridized carbons (Fsp3) is 0.407. The van der Waals surface area contributed by atoms with Crippen LogP contribution >= 0.6 is 34.0 Å². The quantitative estimate of drug-likeness (QED) is 0.0241. The van der Waals surface area contributed by atoms with Crippen LogP contribution in [0.15, 0.2) is 131 Å². The Bertz CT molecular complexity index is 7210. The van der Waals surface area contributed by atoms with Crippen LogP contribution in [0.2, 0.25) is 0 Å². The van der Waals surface area contributed by atoms with E-state index < -0.39 is 129 Å². The zero-order valence-corrected chi connectivity index (χ0v) is 73.3. The molecule has 47 heteroatoms. The van der Waals surface area contributed by atoms with Gasteiger partial charge in [0.15, 0.2) is 86.9 Å². The number of nitrogens with zero attached hydrogens (tertiary/aromatic N) is 21. The van der Waals surface area contributed by atoms with Gasteiger partial charge in [-0.1, -0.05) is 37.6 Å². The van der Waals surface area contributed by atoms with E-state index in [1.54, 1.807) is 39.6 Å². The van der Waals surface area contributed by atoms with Crippen molar-refractivity contribution in [2.75, 3.05) is 58.8 Å². The Balaban J connectivity index is 0.511. The van der Waals surface area contributed by atoms with Crippen LogP contribution in [0.3, 0.4) is 0 Å². The monoisotopic (exact) mass is 1870 g/mol. The van der Waals surface area contributed by atoms with Gasteiger partial charge in [-0.3, -0.25) is 28.1 Å². The summed E-state index contributed by atoms with van der Waals surface area (Å²) in [4.78, 5) is 155. The Morgan fingerprint density at radius 3 is 1.29 bits per heavy atom. The second-order valence-corrected chi connectivity index (χ2v) is 37.1. The summed E-state index contributed by atoms with van der Waals surface area (Å²) in [6.07, 6.45) is 0.367. The van der Waals surface area contributed by atoms with Crippen molar-refractivity contribution in [2.45, 2.75) is 188 Å². The maximum Gasteiger partial charge on any atom is 0.351 e. The third-order valence-electron chi connectivity index (χ3n) is 25.6. The number of imidazole rings is 3. The van der Waals surface area contributed by atoms with E-state index in [2.05, 4.69) is 51.8 Å². The highest BCUT2D eigenvalue weighted by molar-refractivity contribution is 7.19. The highest BCUT2D eigenvalue weighted by Gasteiger charge is 2.48. The predicted molar refractivity (Wildman–Crippen MR) is 482 cm³/mol. The standard InChI is InChI=1S/C86H86FN27O16S3/c1-38-68(121)52(32-115)128-78(38)109-22-19-58(100-84(109)124)97-82-105-74(90-31-63-96-45-26-40(14-18-57(45)133-63)41-11-15-47(50(119)27-41)113-36-92-66-73(88-29-61-94-43-7-3-6-10-55(43)131-61)104-83(108-76(66)113)99-60-21-24-111(86(126)102-60)80-71(127-2)70(123)54(34-117)130-80)67-77(107-82)114(37-93-67)48-16-12-42(28-51(48)120)39-13-17-56-44(25-39)95-62(132-56)30-89-72-65-75(112(35-91-65)46-8-4-5-9-49(46)118)106-81(103-72)98-59-20-23-110(85(125)101-59)79-64(87)69(122)53(33-116)129-79/h3,6-7,10,13-14,17-26,35-38,41-42,46-48,52-54,64,68-71,78-80,115-117,121-123H,4-5,8-9,11-12,15-16,27-34H2,1-2H3,(H2,88,99,102,104,108,126)(H2,89,98,101,103,106,125)(H2,90,97,100,105,107,124)/t38-,41?,42?,46-,47-,48-,52-,53-,54-,64-,68+,69-,70-,71-,78?,79?,80?/m1/s1. The number of aliphatic hydroxyl groups is 6. The second-order valence-electron chi connectivity index (χ2n) is 33.7. The fourth-order valence-corrected chi connectivity index (χ4v) is 21.3. The molecule has 3 saturated carbocycles. The number of thiazole rings is 3. The second kappa shape index (κ2) is 35.8. The van der Waals surface area contributed by atoms with Crippen molar-refractivity contribution in [1.82, 2.24) is 102 Å². The fourth-order valence-electron chi connectivity index (χ4n) is 18.7. The largest absolute Gasteiger partial charge is 0.394 e. The molecule has 5 unspecified atom stereocenters. The molecule has 6 aliphatic rings. The van der Waals surface area contributed by atoms with Crippen LogP contribution in [0.25, 0.3) is 64.1 Å². The summed E-state index contributed by atoms with van der Waals surface area (Å²) < 4.78 is 49.0.